The van der Waals surface area contributed by atoms with Crippen LogP contribution in [-0.2, 0) is 11.3 Å². The van der Waals surface area contributed by atoms with Crippen LogP contribution in [0, 0.1) is 0 Å². The Labute approximate surface area is 111 Å². The van der Waals surface area contributed by atoms with Gasteiger partial charge >= 0.3 is 0 Å². The Morgan fingerprint density at radius 3 is 2.84 bits per heavy atom. The van der Waals surface area contributed by atoms with Crippen LogP contribution < -0.4 is 11.1 Å². The number of carbonyl (C=O) groups is 1. The maximum absolute atomic E-state index is 11.5. The number of nitrogens with two attached hydrogens (primary N) is 1. The molecule has 0 aliphatic heterocycles. The molecule has 2 aromatic rings. The highest BCUT2D eigenvalue weighted by Crippen LogP contribution is 2.06. The average Bonchev–Trinajstić information content (AvgIpc) is 2.85. The minimum absolute atomic E-state index is 0.0559. The molecule has 19 heavy (non-hydrogen) atoms. The molecule has 6 nitrogen and oxygen atoms in total. The summed E-state index contributed by atoms with van der Waals surface area (Å²) in [6.07, 6.45) is 6.43. The summed E-state index contributed by atoms with van der Waals surface area (Å²) >= 11 is 0. The lowest BCUT2D eigenvalue weighted by molar-refractivity contribution is -0.116. The van der Waals surface area contributed by atoms with Gasteiger partial charge in [-0.15, -0.1) is 0 Å². The van der Waals surface area contributed by atoms with Gasteiger partial charge in [-0.05, 0) is 30.7 Å². The summed E-state index contributed by atoms with van der Waals surface area (Å²) in [5, 5.41) is 7.03. The number of aromatic nitrogens is 3. The van der Waals surface area contributed by atoms with Gasteiger partial charge in [0.2, 0.25) is 5.91 Å². The Bertz CT molecular complexity index is 523. The third-order valence-corrected chi connectivity index (χ3v) is 2.61. The van der Waals surface area contributed by atoms with E-state index in [0.29, 0.717) is 31.7 Å². The van der Waals surface area contributed by atoms with Crippen LogP contribution in [0.25, 0.3) is 0 Å². The van der Waals surface area contributed by atoms with E-state index in [9.17, 15) is 4.79 Å². The summed E-state index contributed by atoms with van der Waals surface area (Å²) in [7, 11) is 0. The van der Waals surface area contributed by atoms with Crippen molar-refractivity contribution in [1.82, 2.24) is 14.8 Å². The second kappa shape index (κ2) is 6.65. The standard InChI is InChI=1S/C13H17N5O/c14-6-1-2-13(19)16-12-5-9-18(17-12)10-11-3-7-15-8-4-11/h3-5,7-9H,1-2,6,10,14H2,(H,16,17,19). The highest BCUT2D eigenvalue weighted by Gasteiger charge is 2.04. The second-order valence-electron chi connectivity index (χ2n) is 4.19. The van der Waals surface area contributed by atoms with Gasteiger partial charge in [-0.25, -0.2) is 0 Å². The van der Waals surface area contributed by atoms with E-state index in [1.807, 2.05) is 18.3 Å². The van der Waals surface area contributed by atoms with E-state index in [2.05, 4.69) is 15.4 Å². The largest absolute Gasteiger partial charge is 0.330 e. The van der Waals surface area contributed by atoms with Crippen LogP contribution in [0.15, 0.2) is 36.8 Å². The highest BCUT2D eigenvalue weighted by molar-refractivity contribution is 5.89. The van der Waals surface area contributed by atoms with Crippen molar-refractivity contribution in [3.8, 4) is 0 Å². The number of hydrogen-bond acceptors (Lipinski definition) is 4. The Balaban J connectivity index is 1.90. The first-order valence-electron chi connectivity index (χ1n) is 6.20. The number of amides is 1. The molecule has 0 radical (unpaired) electrons. The molecular weight excluding hydrogens is 242 g/mol. The van der Waals surface area contributed by atoms with Crippen molar-refractivity contribution in [3.05, 3.63) is 42.4 Å². The van der Waals surface area contributed by atoms with E-state index in [1.54, 1.807) is 23.1 Å². The molecule has 3 N–H and O–H groups in total. The molecule has 0 spiro atoms. The fourth-order valence-corrected chi connectivity index (χ4v) is 1.66. The minimum Gasteiger partial charge on any atom is -0.330 e. The summed E-state index contributed by atoms with van der Waals surface area (Å²) in [5.41, 5.74) is 6.47. The molecule has 0 unspecified atom stereocenters. The summed E-state index contributed by atoms with van der Waals surface area (Å²) in [4.78, 5) is 15.5. The van der Waals surface area contributed by atoms with Gasteiger partial charge in [0.25, 0.3) is 0 Å². The lowest BCUT2D eigenvalue weighted by Gasteiger charge is -2.02. The van der Waals surface area contributed by atoms with Crippen molar-refractivity contribution in [2.45, 2.75) is 19.4 Å². The molecule has 1 amide bonds. The van der Waals surface area contributed by atoms with Crippen molar-refractivity contribution in [2.24, 2.45) is 5.73 Å². The molecule has 0 aliphatic carbocycles. The molecule has 0 saturated heterocycles. The molecular formula is C13H17N5O. The first-order valence-corrected chi connectivity index (χ1v) is 6.20. The molecule has 0 aliphatic rings. The summed E-state index contributed by atoms with van der Waals surface area (Å²) in [6.45, 7) is 1.17. The van der Waals surface area contributed by atoms with E-state index in [4.69, 9.17) is 5.73 Å². The van der Waals surface area contributed by atoms with Crippen molar-refractivity contribution in [1.29, 1.82) is 0 Å². The number of anilines is 1. The summed E-state index contributed by atoms with van der Waals surface area (Å²) in [6, 6.07) is 5.64. The fraction of sp³-hybridized carbons (Fsp3) is 0.308. The molecule has 2 heterocycles. The first-order chi connectivity index (χ1) is 9.28. The van der Waals surface area contributed by atoms with Crippen LogP contribution >= 0.6 is 0 Å². The van der Waals surface area contributed by atoms with Crippen LogP contribution in [-0.4, -0.2) is 27.2 Å². The van der Waals surface area contributed by atoms with E-state index >= 15 is 0 Å². The molecule has 0 atom stereocenters. The SMILES string of the molecule is NCCCC(=O)Nc1ccn(Cc2ccncc2)n1. The lowest BCUT2D eigenvalue weighted by atomic mass is 10.3. The van der Waals surface area contributed by atoms with E-state index in [-0.39, 0.29) is 5.91 Å². The van der Waals surface area contributed by atoms with Crippen LogP contribution in [0.3, 0.4) is 0 Å². The van der Waals surface area contributed by atoms with Crippen molar-refractivity contribution in [3.63, 3.8) is 0 Å². The second-order valence-corrected chi connectivity index (χ2v) is 4.19. The Morgan fingerprint density at radius 1 is 1.32 bits per heavy atom. The van der Waals surface area contributed by atoms with Gasteiger partial charge in [0.1, 0.15) is 0 Å². The molecule has 0 aromatic carbocycles. The zero-order chi connectivity index (χ0) is 13.5. The molecule has 100 valence electrons. The van der Waals surface area contributed by atoms with Gasteiger partial charge in [0, 0.05) is 31.1 Å². The molecule has 6 heteroatoms. The predicted octanol–water partition coefficient (Wildman–Crippen LogP) is 1.00. The first kappa shape index (κ1) is 13.2. The van der Waals surface area contributed by atoms with Crippen molar-refractivity contribution in [2.75, 3.05) is 11.9 Å². The Kier molecular flexibility index (Phi) is 4.63. The Morgan fingerprint density at radius 2 is 2.11 bits per heavy atom. The summed E-state index contributed by atoms with van der Waals surface area (Å²) in [5.74, 6) is 0.510. The zero-order valence-corrected chi connectivity index (χ0v) is 10.6. The minimum atomic E-state index is -0.0559. The maximum atomic E-state index is 11.5. The predicted molar refractivity (Wildman–Crippen MR) is 72.5 cm³/mol. The van der Waals surface area contributed by atoms with Gasteiger partial charge in [-0.3, -0.25) is 14.5 Å². The van der Waals surface area contributed by atoms with E-state index in [1.165, 1.54) is 0 Å². The number of nitrogens with one attached hydrogen (secondary N) is 1. The zero-order valence-electron chi connectivity index (χ0n) is 10.6. The molecule has 2 aromatic heterocycles. The third-order valence-electron chi connectivity index (χ3n) is 2.61. The van der Waals surface area contributed by atoms with Crippen molar-refractivity contribution < 1.29 is 4.79 Å². The van der Waals surface area contributed by atoms with Crippen LogP contribution in [0.1, 0.15) is 18.4 Å². The maximum Gasteiger partial charge on any atom is 0.225 e. The van der Waals surface area contributed by atoms with Crippen LogP contribution in [0.5, 0.6) is 0 Å². The fourth-order valence-electron chi connectivity index (χ4n) is 1.66. The molecule has 0 saturated carbocycles. The number of hydrogen-bond donors (Lipinski definition) is 2. The van der Waals surface area contributed by atoms with Crippen LogP contribution in [0.4, 0.5) is 5.82 Å². The van der Waals surface area contributed by atoms with Gasteiger partial charge in [0.05, 0.1) is 6.54 Å². The van der Waals surface area contributed by atoms with Gasteiger partial charge in [0.15, 0.2) is 5.82 Å². The smallest absolute Gasteiger partial charge is 0.225 e. The monoisotopic (exact) mass is 259 g/mol. The van der Waals surface area contributed by atoms with Gasteiger partial charge in [-0.2, -0.15) is 5.10 Å². The summed E-state index contributed by atoms with van der Waals surface area (Å²) < 4.78 is 1.77. The molecule has 0 fully saturated rings. The Hall–Kier alpha value is -2.21. The van der Waals surface area contributed by atoms with Gasteiger partial charge in [-0.1, -0.05) is 0 Å². The molecule has 0 bridgehead atoms. The number of nitrogens with zero attached hydrogens (tertiary/aromatic N) is 3. The molecule has 2 rings (SSSR count). The van der Waals surface area contributed by atoms with Crippen LogP contribution in [0.2, 0.25) is 0 Å². The number of pyridine rings is 1. The topological polar surface area (TPSA) is 85.8 Å². The van der Waals surface area contributed by atoms with E-state index in [0.717, 1.165) is 5.56 Å². The average molecular weight is 259 g/mol. The lowest BCUT2D eigenvalue weighted by Crippen LogP contribution is -2.14. The number of rotatable bonds is 6. The quantitative estimate of drug-likeness (QED) is 0.810. The normalized spacial score (nSPS) is 10.4. The highest BCUT2D eigenvalue weighted by atomic mass is 16.1. The third kappa shape index (κ3) is 4.18. The number of carbonyl (C=O) groups excluding carboxylic acids is 1. The van der Waals surface area contributed by atoms with E-state index < -0.39 is 0 Å². The van der Waals surface area contributed by atoms with Crippen molar-refractivity contribution >= 4 is 11.7 Å². The van der Waals surface area contributed by atoms with Gasteiger partial charge < -0.3 is 11.1 Å².